The van der Waals surface area contributed by atoms with Crippen molar-refractivity contribution < 1.29 is 9.90 Å². The van der Waals surface area contributed by atoms with Crippen molar-refractivity contribution in [3.05, 3.63) is 66.2 Å². The molecule has 2 aromatic carbocycles. The predicted molar refractivity (Wildman–Crippen MR) is 92.7 cm³/mol. The molecule has 114 valence electrons. The molecule has 4 nitrogen and oxygen atoms in total. The van der Waals surface area contributed by atoms with E-state index in [0.29, 0.717) is 28.6 Å². The smallest absolute Gasteiger partial charge is 0.185 e. The molecule has 1 aliphatic rings. The Hall–Kier alpha value is -2.72. The fraction of sp³-hybridized carbons (Fsp3) is 0.0556. The van der Waals surface area contributed by atoms with E-state index in [2.05, 4.69) is 9.98 Å². The van der Waals surface area contributed by atoms with Gasteiger partial charge in [0.15, 0.2) is 5.78 Å². The molecule has 0 bridgehead atoms. The predicted octanol–water partition coefficient (Wildman–Crippen LogP) is 4.58. The van der Waals surface area contributed by atoms with Crippen molar-refractivity contribution in [1.29, 1.82) is 0 Å². The number of aromatic hydroxyl groups is 1. The number of fused-ring (bicyclic) bond motifs is 1. The summed E-state index contributed by atoms with van der Waals surface area (Å²) >= 11 is 6.12. The molecule has 1 aliphatic heterocycles. The van der Waals surface area contributed by atoms with Gasteiger partial charge in [-0.25, -0.2) is 4.99 Å². The van der Waals surface area contributed by atoms with Crippen LogP contribution in [0.4, 0.5) is 11.4 Å². The summed E-state index contributed by atoms with van der Waals surface area (Å²) in [5.74, 6) is -0.0448. The lowest BCUT2D eigenvalue weighted by atomic mass is 10.1. The van der Waals surface area contributed by atoms with E-state index in [4.69, 9.17) is 11.6 Å². The summed E-state index contributed by atoms with van der Waals surface area (Å²) in [4.78, 5) is 20.9. The number of carbonyl (C=O) groups is 1. The van der Waals surface area contributed by atoms with Crippen molar-refractivity contribution in [2.75, 3.05) is 0 Å². The lowest BCUT2D eigenvalue weighted by Crippen LogP contribution is -2.00. The Morgan fingerprint density at radius 2 is 1.70 bits per heavy atom. The number of benzene rings is 2. The molecule has 0 aromatic heterocycles. The number of rotatable bonds is 3. The fourth-order valence-corrected chi connectivity index (χ4v) is 2.39. The summed E-state index contributed by atoms with van der Waals surface area (Å²) in [6.45, 7) is 0. The van der Waals surface area contributed by atoms with Crippen LogP contribution in [0.25, 0.3) is 0 Å². The van der Waals surface area contributed by atoms with Crippen LogP contribution in [0.2, 0.25) is 0 Å². The number of para-hydroxylation sites is 2. The largest absolute Gasteiger partial charge is 0.508 e. The molecule has 0 saturated carbocycles. The van der Waals surface area contributed by atoms with Gasteiger partial charge in [-0.15, -0.1) is 0 Å². The molecule has 1 heterocycles. The second kappa shape index (κ2) is 6.58. The van der Waals surface area contributed by atoms with E-state index in [0.717, 1.165) is 5.69 Å². The highest BCUT2D eigenvalue weighted by Gasteiger charge is 2.10. The highest BCUT2D eigenvalue weighted by Crippen LogP contribution is 2.31. The molecule has 0 amide bonds. The Labute approximate surface area is 138 Å². The van der Waals surface area contributed by atoms with Gasteiger partial charge in [-0.05, 0) is 48.6 Å². The van der Waals surface area contributed by atoms with Gasteiger partial charge in [0.1, 0.15) is 10.9 Å². The third-order valence-electron chi connectivity index (χ3n) is 3.29. The Morgan fingerprint density at radius 3 is 2.39 bits per heavy atom. The number of allylic oxidation sites excluding steroid dienone is 2. The first-order valence-electron chi connectivity index (χ1n) is 7.03. The van der Waals surface area contributed by atoms with Gasteiger partial charge in [-0.2, -0.15) is 0 Å². The van der Waals surface area contributed by atoms with E-state index in [1.807, 2.05) is 24.3 Å². The SMILES string of the molecule is O=C(/C=C/C1=Nc2ccccc2N=C(Cl)C1)c1ccc(O)cc1. The molecule has 2 aromatic rings. The van der Waals surface area contributed by atoms with Crippen molar-refractivity contribution in [2.45, 2.75) is 6.42 Å². The quantitative estimate of drug-likeness (QED) is 0.663. The third-order valence-corrected chi connectivity index (χ3v) is 3.51. The zero-order chi connectivity index (χ0) is 16.2. The molecule has 5 heteroatoms. The highest BCUT2D eigenvalue weighted by molar-refractivity contribution is 6.67. The zero-order valence-electron chi connectivity index (χ0n) is 12.1. The summed E-state index contributed by atoms with van der Waals surface area (Å²) in [5.41, 5.74) is 2.59. The van der Waals surface area contributed by atoms with Gasteiger partial charge < -0.3 is 5.11 Å². The molecule has 0 aliphatic carbocycles. The minimum atomic E-state index is -0.168. The average molecular weight is 325 g/mol. The molecule has 0 spiro atoms. The number of ketones is 1. The first kappa shape index (κ1) is 15.2. The van der Waals surface area contributed by atoms with Crippen LogP contribution in [0, 0.1) is 0 Å². The molecule has 0 fully saturated rings. The van der Waals surface area contributed by atoms with Gasteiger partial charge >= 0.3 is 0 Å². The van der Waals surface area contributed by atoms with Crippen molar-refractivity contribution in [3.8, 4) is 5.75 Å². The molecule has 1 N–H and O–H groups in total. The van der Waals surface area contributed by atoms with E-state index < -0.39 is 0 Å². The van der Waals surface area contributed by atoms with Crippen LogP contribution in [0.15, 0.2) is 70.7 Å². The van der Waals surface area contributed by atoms with Crippen LogP contribution >= 0.6 is 11.6 Å². The first-order valence-corrected chi connectivity index (χ1v) is 7.41. The molecule has 0 saturated heterocycles. The number of aliphatic imine (C=N–C) groups is 2. The maximum atomic E-state index is 12.1. The van der Waals surface area contributed by atoms with Crippen LogP contribution in [-0.4, -0.2) is 21.8 Å². The fourth-order valence-electron chi connectivity index (χ4n) is 2.16. The standard InChI is InChI=1S/C18H13ClN2O2/c19-18-11-13(20-15-3-1-2-4-16(15)21-18)7-10-17(23)12-5-8-14(22)9-6-12/h1-10,22H,11H2/b10-7+. The lowest BCUT2D eigenvalue weighted by molar-refractivity contribution is 0.104. The molecule has 0 unspecified atom stereocenters. The monoisotopic (exact) mass is 324 g/mol. The van der Waals surface area contributed by atoms with Gasteiger partial charge in [-0.3, -0.25) is 9.79 Å². The Bertz CT molecular complexity index is 836. The summed E-state index contributed by atoms with van der Waals surface area (Å²) in [7, 11) is 0. The molecule has 0 radical (unpaired) electrons. The van der Waals surface area contributed by atoms with Crippen LogP contribution in [-0.2, 0) is 0 Å². The van der Waals surface area contributed by atoms with E-state index in [-0.39, 0.29) is 11.5 Å². The van der Waals surface area contributed by atoms with Crippen molar-refractivity contribution in [2.24, 2.45) is 9.98 Å². The average Bonchev–Trinajstić information content (AvgIpc) is 2.70. The van der Waals surface area contributed by atoms with E-state index in [9.17, 15) is 9.90 Å². The van der Waals surface area contributed by atoms with E-state index in [1.165, 1.54) is 18.2 Å². The van der Waals surface area contributed by atoms with E-state index in [1.54, 1.807) is 18.2 Å². The summed E-state index contributed by atoms with van der Waals surface area (Å²) < 4.78 is 0. The van der Waals surface area contributed by atoms with Crippen molar-refractivity contribution in [1.82, 2.24) is 0 Å². The number of halogens is 1. The van der Waals surface area contributed by atoms with Gasteiger partial charge in [0.25, 0.3) is 0 Å². The number of phenolic OH excluding ortho intramolecular Hbond substituents is 1. The summed E-state index contributed by atoms with van der Waals surface area (Å²) in [5, 5.41) is 9.68. The van der Waals surface area contributed by atoms with Gasteiger partial charge in [0.05, 0.1) is 11.4 Å². The lowest BCUT2D eigenvalue weighted by Gasteiger charge is -1.99. The third kappa shape index (κ3) is 3.73. The zero-order valence-corrected chi connectivity index (χ0v) is 12.9. The van der Waals surface area contributed by atoms with E-state index >= 15 is 0 Å². The Morgan fingerprint density at radius 1 is 1.04 bits per heavy atom. The molecule has 3 rings (SSSR count). The van der Waals surface area contributed by atoms with Crippen molar-refractivity contribution >= 4 is 39.6 Å². The minimum Gasteiger partial charge on any atom is -0.508 e. The normalized spacial score (nSPS) is 14.0. The van der Waals surface area contributed by atoms with Crippen LogP contribution in [0.3, 0.4) is 0 Å². The Kier molecular flexibility index (Phi) is 4.35. The second-order valence-corrected chi connectivity index (χ2v) is 5.44. The molecule has 23 heavy (non-hydrogen) atoms. The number of hydrogen-bond donors (Lipinski definition) is 1. The van der Waals surface area contributed by atoms with Gasteiger partial charge in [0, 0.05) is 17.7 Å². The molecule has 0 atom stereocenters. The molecular formula is C18H13ClN2O2. The summed E-state index contributed by atoms with van der Waals surface area (Å²) in [6, 6.07) is 13.5. The number of nitrogens with zero attached hydrogens (tertiary/aromatic N) is 2. The topological polar surface area (TPSA) is 62.0 Å². The highest BCUT2D eigenvalue weighted by atomic mass is 35.5. The Balaban J connectivity index is 1.85. The first-order chi connectivity index (χ1) is 11.1. The minimum absolute atomic E-state index is 0.123. The van der Waals surface area contributed by atoms with Crippen LogP contribution in [0.5, 0.6) is 5.75 Å². The van der Waals surface area contributed by atoms with Gasteiger partial charge in [0.2, 0.25) is 0 Å². The number of carbonyl (C=O) groups excluding carboxylic acids is 1. The number of hydrogen-bond acceptors (Lipinski definition) is 4. The number of phenols is 1. The van der Waals surface area contributed by atoms with Crippen molar-refractivity contribution in [3.63, 3.8) is 0 Å². The molecular weight excluding hydrogens is 312 g/mol. The van der Waals surface area contributed by atoms with Crippen LogP contribution in [0.1, 0.15) is 16.8 Å². The maximum Gasteiger partial charge on any atom is 0.185 e. The maximum absolute atomic E-state index is 12.1. The van der Waals surface area contributed by atoms with Gasteiger partial charge in [-0.1, -0.05) is 23.7 Å². The second-order valence-electron chi connectivity index (χ2n) is 5.00. The summed E-state index contributed by atoms with van der Waals surface area (Å²) in [6.07, 6.45) is 3.47. The van der Waals surface area contributed by atoms with Crippen LogP contribution < -0.4 is 0 Å².